The number of hydrogen-bond acceptors (Lipinski definition) is 2. The Bertz CT molecular complexity index is 319. The molecule has 13 heavy (non-hydrogen) atoms. The highest BCUT2D eigenvalue weighted by atomic mass is 15.1. The molecule has 0 radical (unpaired) electrons. The molecule has 2 rings (SSSR count). The molecule has 2 heteroatoms. The van der Waals surface area contributed by atoms with Crippen molar-refractivity contribution in [3.8, 4) is 0 Å². The van der Waals surface area contributed by atoms with Gasteiger partial charge < -0.3 is 10.6 Å². The normalized spacial score (nSPS) is 22.2. The zero-order chi connectivity index (χ0) is 9.26. The molecule has 2 aliphatic rings. The summed E-state index contributed by atoms with van der Waals surface area (Å²) in [6, 6.07) is 0.105. The molecule has 68 valence electrons. The van der Waals surface area contributed by atoms with Crippen molar-refractivity contribution in [1.29, 1.82) is 0 Å². The van der Waals surface area contributed by atoms with Crippen molar-refractivity contribution in [2.45, 2.75) is 19.4 Å². The van der Waals surface area contributed by atoms with E-state index < -0.39 is 0 Å². The van der Waals surface area contributed by atoms with Gasteiger partial charge >= 0.3 is 0 Å². The number of hydrogen-bond donors (Lipinski definition) is 1. The number of allylic oxidation sites excluding steroid dienone is 3. The number of rotatable bonds is 1. The average Bonchev–Trinajstić information content (AvgIpc) is 2.17. The molecule has 0 spiro atoms. The molecule has 0 unspecified atom stereocenters. The first-order valence-corrected chi connectivity index (χ1v) is 4.58. The van der Waals surface area contributed by atoms with Gasteiger partial charge in [-0.2, -0.15) is 0 Å². The lowest BCUT2D eigenvalue weighted by Gasteiger charge is -2.25. The molecule has 0 aromatic rings. The summed E-state index contributed by atoms with van der Waals surface area (Å²) in [5, 5.41) is 0. The van der Waals surface area contributed by atoms with Gasteiger partial charge in [0.2, 0.25) is 0 Å². The molecular formula is C11H14N2. The first kappa shape index (κ1) is 8.32. The maximum Gasteiger partial charge on any atom is 0.0412 e. The van der Waals surface area contributed by atoms with E-state index in [1.165, 1.54) is 11.3 Å². The fraction of sp³-hybridized carbons (Fsp3) is 0.273. The second-order valence-corrected chi connectivity index (χ2v) is 3.41. The van der Waals surface area contributed by atoms with Gasteiger partial charge in [-0.3, -0.25) is 0 Å². The Morgan fingerprint density at radius 2 is 2.31 bits per heavy atom. The molecule has 2 aliphatic heterocycles. The van der Waals surface area contributed by atoms with E-state index in [1.54, 1.807) is 0 Å². The Hall–Kier alpha value is -1.28. The Balaban J connectivity index is 2.26. The summed E-state index contributed by atoms with van der Waals surface area (Å²) in [5.74, 6) is 0. The zero-order valence-corrected chi connectivity index (χ0v) is 7.77. The molecule has 0 saturated heterocycles. The minimum Gasteiger partial charge on any atom is -0.324 e. The van der Waals surface area contributed by atoms with E-state index in [2.05, 4.69) is 41.6 Å². The Labute approximate surface area is 78.7 Å². The summed E-state index contributed by atoms with van der Waals surface area (Å²) in [4.78, 5) is 2.11. The monoisotopic (exact) mass is 174 g/mol. The minimum absolute atomic E-state index is 0.105. The van der Waals surface area contributed by atoms with Crippen molar-refractivity contribution in [3.63, 3.8) is 0 Å². The van der Waals surface area contributed by atoms with Crippen LogP contribution in [-0.2, 0) is 0 Å². The molecule has 0 fully saturated rings. The largest absolute Gasteiger partial charge is 0.324 e. The molecule has 0 aliphatic carbocycles. The Morgan fingerprint density at radius 1 is 1.46 bits per heavy atom. The average molecular weight is 174 g/mol. The molecule has 0 aromatic carbocycles. The first-order valence-electron chi connectivity index (χ1n) is 4.58. The topological polar surface area (TPSA) is 29.3 Å². The van der Waals surface area contributed by atoms with E-state index in [0.717, 1.165) is 6.42 Å². The van der Waals surface area contributed by atoms with Crippen molar-refractivity contribution >= 4 is 0 Å². The molecule has 1 atom stereocenters. The van der Waals surface area contributed by atoms with Gasteiger partial charge in [0.05, 0.1) is 0 Å². The lowest BCUT2D eigenvalue weighted by atomic mass is 10.1. The summed E-state index contributed by atoms with van der Waals surface area (Å²) in [6.45, 7) is 2.00. The van der Waals surface area contributed by atoms with Gasteiger partial charge in [0.25, 0.3) is 0 Å². The van der Waals surface area contributed by atoms with Gasteiger partial charge in [0, 0.05) is 24.1 Å². The number of fused-ring (bicyclic) bond motifs is 1. The van der Waals surface area contributed by atoms with E-state index >= 15 is 0 Å². The van der Waals surface area contributed by atoms with Crippen LogP contribution < -0.4 is 5.73 Å². The second-order valence-electron chi connectivity index (χ2n) is 3.41. The predicted octanol–water partition coefficient (Wildman–Crippen LogP) is 1.89. The van der Waals surface area contributed by atoms with Gasteiger partial charge in [0.15, 0.2) is 0 Å². The second kappa shape index (κ2) is 3.23. The molecule has 2 heterocycles. The zero-order valence-electron chi connectivity index (χ0n) is 7.77. The van der Waals surface area contributed by atoms with E-state index in [4.69, 9.17) is 5.73 Å². The van der Waals surface area contributed by atoms with Crippen LogP contribution in [0, 0.1) is 0 Å². The summed E-state index contributed by atoms with van der Waals surface area (Å²) >= 11 is 0. The quantitative estimate of drug-likeness (QED) is 0.657. The maximum atomic E-state index is 5.80. The van der Waals surface area contributed by atoms with Crippen LogP contribution in [0.5, 0.6) is 0 Å². The molecule has 0 bridgehead atoms. The Kier molecular flexibility index (Phi) is 2.07. The lowest BCUT2D eigenvalue weighted by Crippen LogP contribution is -2.22. The van der Waals surface area contributed by atoms with Crippen molar-refractivity contribution in [1.82, 2.24) is 4.90 Å². The minimum atomic E-state index is 0.105. The van der Waals surface area contributed by atoms with Crippen LogP contribution in [0.4, 0.5) is 0 Å². The Morgan fingerprint density at radius 3 is 3.08 bits per heavy atom. The maximum absolute atomic E-state index is 5.80. The van der Waals surface area contributed by atoms with Crippen LogP contribution >= 0.6 is 0 Å². The van der Waals surface area contributed by atoms with Crippen LogP contribution in [0.3, 0.4) is 0 Å². The number of nitrogens with two attached hydrogens (primary N) is 1. The van der Waals surface area contributed by atoms with Crippen molar-refractivity contribution < 1.29 is 0 Å². The highest BCUT2D eigenvalue weighted by molar-refractivity contribution is 5.38. The van der Waals surface area contributed by atoms with E-state index in [0.29, 0.717) is 0 Å². The van der Waals surface area contributed by atoms with Crippen LogP contribution in [0.25, 0.3) is 0 Å². The third-order valence-corrected chi connectivity index (χ3v) is 2.29. The van der Waals surface area contributed by atoms with Gasteiger partial charge in [-0.05, 0) is 25.0 Å². The SMILES string of the molecule is C[C@H](N)C1=CN2C=CCC=C2C=C1. The molecular weight excluding hydrogens is 160 g/mol. The van der Waals surface area contributed by atoms with Crippen molar-refractivity contribution in [2.24, 2.45) is 5.73 Å². The van der Waals surface area contributed by atoms with Crippen molar-refractivity contribution in [2.75, 3.05) is 0 Å². The third-order valence-electron chi connectivity index (χ3n) is 2.29. The fourth-order valence-electron chi connectivity index (χ4n) is 1.48. The lowest BCUT2D eigenvalue weighted by molar-refractivity contribution is 0.613. The standard InChI is InChI=1S/C11H14N2/c1-9(12)10-5-6-11-4-2-3-7-13(11)8-10/h3-9H,2,12H2,1H3/t9-/m0/s1. The molecule has 2 N–H and O–H groups in total. The number of nitrogens with zero attached hydrogens (tertiary/aromatic N) is 1. The van der Waals surface area contributed by atoms with Gasteiger partial charge in [-0.15, -0.1) is 0 Å². The predicted molar refractivity (Wildman–Crippen MR) is 54.6 cm³/mol. The highest BCUT2D eigenvalue weighted by Crippen LogP contribution is 2.21. The van der Waals surface area contributed by atoms with E-state index in [1.807, 2.05) is 6.92 Å². The highest BCUT2D eigenvalue weighted by Gasteiger charge is 2.11. The fourth-order valence-corrected chi connectivity index (χ4v) is 1.48. The van der Waals surface area contributed by atoms with Crippen LogP contribution in [0.1, 0.15) is 13.3 Å². The smallest absolute Gasteiger partial charge is 0.0412 e. The summed E-state index contributed by atoms with van der Waals surface area (Å²) in [7, 11) is 0. The van der Waals surface area contributed by atoms with E-state index in [-0.39, 0.29) is 6.04 Å². The van der Waals surface area contributed by atoms with Crippen LogP contribution in [0.2, 0.25) is 0 Å². The van der Waals surface area contributed by atoms with E-state index in [9.17, 15) is 0 Å². The first-order chi connectivity index (χ1) is 6.27. The molecule has 0 saturated carbocycles. The third kappa shape index (κ3) is 1.58. The molecule has 0 amide bonds. The van der Waals surface area contributed by atoms with Gasteiger partial charge in [-0.1, -0.05) is 18.2 Å². The van der Waals surface area contributed by atoms with Crippen LogP contribution in [-0.4, -0.2) is 10.9 Å². The van der Waals surface area contributed by atoms with Gasteiger partial charge in [-0.25, -0.2) is 0 Å². The van der Waals surface area contributed by atoms with Crippen LogP contribution in [0.15, 0.2) is 48.0 Å². The summed E-state index contributed by atoms with van der Waals surface area (Å²) in [6.07, 6.45) is 13.7. The summed E-state index contributed by atoms with van der Waals surface area (Å²) in [5.41, 5.74) is 8.21. The molecule has 0 aromatic heterocycles. The van der Waals surface area contributed by atoms with Gasteiger partial charge in [0.1, 0.15) is 0 Å². The summed E-state index contributed by atoms with van der Waals surface area (Å²) < 4.78 is 0. The van der Waals surface area contributed by atoms with Crippen molar-refractivity contribution in [3.05, 3.63) is 48.0 Å². The molecule has 2 nitrogen and oxygen atoms in total.